The first-order valence-electron chi connectivity index (χ1n) is 10.5. The van der Waals surface area contributed by atoms with E-state index in [-0.39, 0.29) is 31.1 Å². The van der Waals surface area contributed by atoms with Crippen LogP contribution in [-0.4, -0.2) is 51.4 Å². The number of carboxylic acids is 1. The molecule has 1 heterocycles. The van der Waals surface area contributed by atoms with Crippen LogP contribution in [0.2, 0.25) is 0 Å². The van der Waals surface area contributed by atoms with Gasteiger partial charge in [0, 0.05) is 30.9 Å². The number of hydrogen-bond donors (Lipinski definition) is 1. The molecule has 0 unspecified atom stereocenters. The monoisotopic (exact) mass is 422 g/mol. The zero-order valence-electron chi connectivity index (χ0n) is 18.5. The fraction of sp³-hybridized carbons (Fsp3) is 0.400. The van der Waals surface area contributed by atoms with E-state index in [2.05, 4.69) is 0 Å². The van der Waals surface area contributed by atoms with Gasteiger partial charge in [-0.3, -0.25) is 14.4 Å². The summed E-state index contributed by atoms with van der Waals surface area (Å²) in [7, 11) is 1.71. The van der Waals surface area contributed by atoms with Crippen molar-refractivity contribution in [1.29, 1.82) is 0 Å². The summed E-state index contributed by atoms with van der Waals surface area (Å²) >= 11 is 0. The molecule has 2 amide bonds. The lowest BCUT2D eigenvalue weighted by atomic mass is 9.82. The number of aliphatic carboxylic acids is 1. The van der Waals surface area contributed by atoms with Crippen molar-refractivity contribution in [2.75, 3.05) is 7.05 Å². The summed E-state index contributed by atoms with van der Waals surface area (Å²) in [4.78, 5) is 42.4. The Morgan fingerprint density at radius 1 is 1.00 bits per heavy atom. The molecule has 0 radical (unpaired) electrons. The number of benzene rings is 2. The van der Waals surface area contributed by atoms with E-state index in [1.807, 2.05) is 57.2 Å². The van der Waals surface area contributed by atoms with E-state index in [0.717, 1.165) is 5.56 Å². The SMILES string of the molecule is CN1C(=O)[C@@](CCC(=O)O)(Cc2ccccc2)N(C(=O)c2ccccc2)[C@H]1C(C)(C)C. The molecule has 0 bridgehead atoms. The van der Waals surface area contributed by atoms with Crippen LogP contribution >= 0.6 is 0 Å². The van der Waals surface area contributed by atoms with Crippen LogP contribution < -0.4 is 0 Å². The van der Waals surface area contributed by atoms with Gasteiger partial charge in [-0.15, -0.1) is 0 Å². The van der Waals surface area contributed by atoms with Crippen LogP contribution in [0.25, 0.3) is 0 Å². The van der Waals surface area contributed by atoms with Gasteiger partial charge in [0.25, 0.3) is 5.91 Å². The zero-order valence-corrected chi connectivity index (χ0v) is 18.5. The van der Waals surface area contributed by atoms with E-state index < -0.39 is 23.1 Å². The summed E-state index contributed by atoms with van der Waals surface area (Å²) < 4.78 is 0. The van der Waals surface area contributed by atoms with Gasteiger partial charge >= 0.3 is 5.97 Å². The molecule has 31 heavy (non-hydrogen) atoms. The molecule has 2 aromatic carbocycles. The Morgan fingerprint density at radius 2 is 1.55 bits per heavy atom. The Labute approximate surface area is 183 Å². The molecule has 2 atom stereocenters. The highest BCUT2D eigenvalue weighted by atomic mass is 16.4. The minimum absolute atomic E-state index is 0.0472. The van der Waals surface area contributed by atoms with E-state index in [1.54, 1.807) is 41.1 Å². The summed E-state index contributed by atoms with van der Waals surface area (Å²) in [5.41, 5.74) is -0.349. The van der Waals surface area contributed by atoms with Gasteiger partial charge in [-0.1, -0.05) is 69.3 Å². The van der Waals surface area contributed by atoms with Crippen molar-refractivity contribution < 1.29 is 19.5 Å². The average Bonchev–Trinajstić information content (AvgIpc) is 2.95. The normalized spacial score (nSPS) is 21.4. The minimum atomic E-state index is -1.28. The number of carbonyl (C=O) groups is 3. The van der Waals surface area contributed by atoms with Crippen molar-refractivity contribution in [3.8, 4) is 0 Å². The Balaban J connectivity index is 2.20. The van der Waals surface area contributed by atoms with Gasteiger partial charge in [0.05, 0.1) is 0 Å². The van der Waals surface area contributed by atoms with Gasteiger partial charge in [-0.05, 0) is 24.1 Å². The number of amides is 2. The lowest BCUT2D eigenvalue weighted by Gasteiger charge is -2.43. The van der Waals surface area contributed by atoms with Gasteiger partial charge < -0.3 is 14.9 Å². The number of nitrogens with zero attached hydrogens (tertiary/aromatic N) is 2. The van der Waals surface area contributed by atoms with Gasteiger partial charge in [-0.2, -0.15) is 0 Å². The molecule has 1 fully saturated rings. The molecule has 0 aliphatic carbocycles. The molecular formula is C25H30N2O4. The second kappa shape index (κ2) is 8.53. The van der Waals surface area contributed by atoms with Gasteiger partial charge in [0.2, 0.25) is 5.91 Å². The summed E-state index contributed by atoms with van der Waals surface area (Å²) in [5, 5.41) is 9.45. The standard InChI is InChI=1S/C25H30N2O4/c1-24(2,3)22-26(4)23(31)25(16-15-20(28)29,17-18-11-7-5-8-12-18)27(22)21(30)19-13-9-6-10-14-19/h5-14,22H,15-17H2,1-4H3,(H,28,29)/t22-,25+/m0/s1. The fourth-order valence-corrected chi connectivity index (χ4v) is 4.67. The highest BCUT2D eigenvalue weighted by molar-refractivity contribution is 6.02. The van der Waals surface area contributed by atoms with E-state index >= 15 is 0 Å². The molecule has 1 aliphatic rings. The lowest BCUT2D eigenvalue weighted by molar-refractivity contribution is -0.138. The molecule has 6 heteroatoms. The molecule has 0 aromatic heterocycles. The number of hydrogen-bond acceptors (Lipinski definition) is 3. The molecule has 3 rings (SSSR count). The number of rotatable bonds is 6. The smallest absolute Gasteiger partial charge is 0.303 e. The molecular weight excluding hydrogens is 392 g/mol. The van der Waals surface area contributed by atoms with Crippen molar-refractivity contribution in [2.24, 2.45) is 5.41 Å². The van der Waals surface area contributed by atoms with E-state index in [1.165, 1.54) is 0 Å². The second-order valence-electron chi connectivity index (χ2n) is 9.28. The Hall–Kier alpha value is -3.15. The van der Waals surface area contributed by atoms with E-state index in [9.17, 15) is 19.5 Å². The molecule has 2 aromatic rings. The maximum Gasteiger partial charge on any atom is 0.303 e. The molecule has 6 nitrogen and oxygen atoms in total. The summed E-state index contributed by atoms with van der Waals surface area (Å²) in [6, 6.07) is 18.3. The number of carbonyl (C=O) groups excluding carboxylic acids is 2. The van der Waals surface area contributed by atoms with Crippen molar-refractivity contribution in [1.82, 2.24) is 9.80 Å². The molecule has 1 saturated heterocycles. The Morgan fingerprint density at radius 3 is 2.06 bits per heavy atom. The quantitative estimate of drug-likeness (QED) is 0.768. The van der Waals surface area contributed by atoms with Crippen molar-refractivity contribution >= 4 is 17.8 Å². The predicted octanol–water partition coefficient (Wildman–Crippen LogP) is 3.82. The molecule has 164 valence electrons. The van der Waals surface area contributed by atoms with Gasteiger partial charge in [0.1, 0.15) is 11.7 Å². The van der Waals surface area contributed by atoms with Crippen LogP contribution in [0.5, 0.6) is 0 Å². The van der Waals surface area contributed by atoms with Gasteiger partial charge in [0.15, 0.2) is 0 Å². The highest BCUT2D eigenvalue weighted by Crippen LogP contribution is 2.44. The third-order valence-electron chi connectivity index (χ3n) is 5.90. The summed E-state index contributed by atoms with van der Waals surface area (Å²) in [6.07, 6.45) is -0.409. The topological polar surface area (TPSA) is 77.9 Å². The van der Waals surface area contributed by atoms with Crippen LogP contribution in [-0.2, 0) is 16.0 Å². The Bertz CT molecular complexity index is 952. The average molecular weight is 423 g/mol. The zero-order chi connectivity index (χ0) is 22.8. The first kappa shape index (κ1) is 22.5. The molecule has 0 spiro atoms. The fourth-order valence-electron chi connectivity index (χ4n) is 4.67. The van der Waals surface area contributed by atoms with E-state index in [4.69, 9.17) is 0 Å². The third-order valence-corrected chi connectivity index (χ3v) is 5.90. The maximum atomic E-state index is 13.8. The van der Waals surface area contributed by atoms with Crippen LogP contribution in [0, 0.1) is 5.41 Å². The molecule has 1 aliphatic heterocycles. The number of carboxylic acid groups (broad SMARTS) is 1. The van der Waals surface area contributed by atoms with Crippen molar-refractivity contribution in [3.63, 3.8) is 0 Å². The predicted molar refractivity (Wildman–Crippen MR) is 118 cm³/mol. The highest BCUT2D eigenvalue weighted by Gasteiger charge is 2.60. The van der Waals surface area contributed by atoms with E-state index in [0.29, 0.717) is 5.56 Å². The van der Waals surface area contributed by atoms with Crippen LogP contribution in [0.4, 0.5) is 0 Å². The second-order valence-corrected chi connectivity index (χ2v) is 9.28. The Kier molecular flexibility index (Phi) is 6.20. The third kappa shape index (κ3) is 4.33. The van der Waals surface area contributed by atoms with Crippen LogP contribution in [0.3, 0.4) is 0 Å². The first-order chi connectivity index (χ1) is 14.6. The lowest BCUT2D eigenvalue weighted by Crippen LogP contribution is -2.57. The summed E-state index contributed by atoms with van der Waals surface area (Å²) in [6.45, 7) is 5.97. The molecule has 0 saturated carbocycles. The summed E-state index contributed by atoms with van der Waals surface area (Å²) in [5.74, 6) is -1.48. The van der Waals surface area contributed by atoms with Gasteiger partial charge in [-0.25, -0.2) is 0 Å². The minimum Gasteiger partial charge on any atom is -0.481 e. The van der Waals surface area contributed by atoms with Crippen molar-refractivity contribution in [3.05, 3.63) is 71.8 Å². The molecule has 1 N–H and O–H groups in total. The number of likely N-dealkylation sites (N-methyl/N-ethyl adjacent to an activating group) is 1. The first-order valence-corrected chi connectivity index (χ1v) is 10.5. The van der Waals surface area contributed by atoms with Crippen molar-refractivity contribution in [2.45, 2.75) is 51.7 Å². The van der Waals surface area contributed by atoms with Crippen LogP contribution in [0.15, 0.2) is 60.7 Å². The van der Waals surface area contributed by atoms with Crippen LogP contribution in [0.1, 0.15) is 49.5 Å². The largest absolute Gasteiger partial charge is 0.481 e. The maximum absolute atomic E-state index is 13.8.